The normalized spacial score (nSPS) is 16.0. The molecular weight excluding hydrogens is 461 g/mol. The van der Waals surface area contributed by atoms with Crippen molar-refractivity contribution < 1.29 is 29.0 Å². The lowest BCUT2D eigenvalue weighted by atomic mass is 9.95. The van der Waals surface area contributed by atoms with Gasteiger partial charge in [0.2, 0.25) is 11.8 Å². The van der Waals surface area contributed by atoms with E-state index in [1.54, 1.807) is 30.3 Å². The van der Waals surface area contributed by atoms with Crippen molar-refractivity contribution in [1.82, 2.24) is 0 Å². The van der Waals surface area contributed by atoms with Crippen molar-refractivity contribution in [2.45, 2.75) is 12.6 Å². The van der Waals surface area contributed by atoms with Gasteiger partial charge in [-0.05, 0) is 42.0 Å². The number of carbonyl (C=O) groups is 3. The zero-order chi connectivity index (χ0) is 23.3. The lowest BCUT2D eigenvalue weighted by molar-refractivity contribution is -0.119. The highest BCUT2D eigenvalue weighted by molar-refractivity contribution is 6.36. The Morgan fingerprint density at radius 1 is 1.16 bits per heavy atom. The van der Waals surface area contributed by atoms with Gasteiger partial charge in [0.1, 0.15) is 6.61 Å². The molecule has 0 spiro atoms. The van der Waals surface area contributed by atoms with Crippen LogP contribution < -0.4 is 16.0 Å². The fourth-order valence-corrected chi connectivity index (χ4v) is 3.78. The molecule has 0 aliphatic carbocycles. The van der Waals surface area contributed by atoms with Gasteiger partial charge < -0.3 is 30.5 Å². The Morgan fingerprint density at radius 3 is 2.44 bits per heavy atom. The van der Waals surface area contributed by atoms with Gasteiger partial charge in [-0.15, -0.1) is 0 Å². The highest BCUT2D eigenvalue weighted by Crippen LogP contribution is 2.40. The molecule has 1 aliphatic heterocycles. The Hall–Kier alpha value is -3.27. The van der Waals surface area contributed by atoms with Gasteiger partial charge in [0, 0.05) is 47.3 Å². The first-order chi connectivity index (χ1) is 15.2. The Morgan fingerprint density at radius 2 is 1.81 bits per heavy atom. The molecule has 0 radical (unpaired) electrons. The van der Waals surface area contributed by atoms with Crippen molar-refractivity contribution in [1.29, 1.82) is 0 Å². The van der Waals surface area contributed by atoms with E-state index in [0.717, 1.165) is 0 Å². The number of anilines is 3. The number of hydrogen-bond acceptors (Lipinski definition) is 6. The molecule has 32 heavy (non-hydrogen) atoms. The first-order valence-corrected chi connectivity index (χ1v) is 10.1. The van der Waals surface area contributed by atoms with E-state index in [1.165, 1.54) is 19.3 Å². The summed E-state index contributed by atoms with van der Waals surface area (Å²) in [6, 6.07) is 9.61. The zero-order valence-corrected chi connectivity index (χ0v) is 18.3. The molecular formula is C21H19Cl2N3O6. The molecule has 4 N–H and O–H groups in total. The average Bonchev–Trinajstić information content (AvgIpc) is 2.68. The monoisotopic (exact) mass is 479 g/mol. The third-order valence-electron chi connectivity index (χ3n) is 4.36. The Kier molecular flexibility index (Phi) is 7.57. The minimum atomic E-state index is -1.46. The topological polar surface area (TPSA) is 126 Å². The number of fused-ring (bicyclic) bond motifs is 1. The molecule has 2 amide bonds. The number of methoxy groups -OCH3 is 1. The summed E-state index contributed by atoms with van der Waals surface area (Å²) in [5.41, 5.74) is 2.51. The van der Waals surface area contributed by atoms with Gasteiger partial charge in [0.25, 0.3) is 0 Å². The predicted molar refractivity (Wildman–Crippen MR) is 121 cm³/mol. The van der Waals surface area contributed by atoms with E-state index in [-0.39, 0.29) is 18.9 Å². The maximum Gasteiger partial charge on any atom is 0.507 e. The van der Waals surface area contributed by atoms with Gasteiger partial charge in [0.05, 0.1) is 5.02 Å². The number of halogens is 2. The second kappa shape index (κ2) is 10.4. The molecule has 3 rings (SSSR count). The van der Waals surface area contributed by atoms with Crippen molar-refractivity contribution in [2.75, 3.05) is 29.7 Å². The van der Waals surface area contributed by atoms with Crippen LogP contribution in [-0.4, -0.2) is 43.0 Å². The van der Waals surface area contributed by atoms with Crippen LogP contribution in [0.25, 0.3) is 5.57 Å². The number of ether oxygens (including phenoxy) is 2. The first kappa shape index (κ1) is 23.4. The van der Waals surface area contributed by atoms with Crippen LogP contribution in [0.5, 0.6) is 0 Å². The SMILES string of the molecule is COCC(=O)Nc1ccc(NC(=O)/C=C2\CC(OC(=O)O)Nc3cc(Cl)cc(Cl)c32)cc1. The lowest BCUT2D eigenvalue weighted by Gasteiger charge is -2.28. The minimum absolute atomic E-state index is 0.0667. The maximum absolute atomic E-state index is 12.6. The van der Waals surface area contributed by atoms with Crippen LogP contribution >= 0.6 is 23.2 Å². The van der Waals surface area contributed by atoms with Gasteiger partial charge >= 0.3 is 6.16 Å². The molecule has 2 aromatic rings. The van der Waals surface area contributed by atoms with Gasteiger partial charge in [-0.2, -0.15) is 0 Å². The summed E-state index contributed by atoms with van der Waals surface area (Å²) in [5, 5.41) is 17.9. The highest BCUT2D eigenvalue weighted by Gasteiger charge is 2.27. The summed E-state index contributed by atoms with van der Waals surface area (Å²) in [7, 11) is 1.42. The molecule has 2 aromatic carbocycles. The molecule has 9 nitrogen and oxygen atoms in total. The van der Waals surface area contributed by atoms with E-state index in [2.05, 4.69) is 16.0 Å². The number of nitrogens with one attached hydrogen (secondary N) is 3. The Balaban J connectivity index is 1.78. The molecule has 168 valence electrons. The van der Waals surface area contributed by atoms with Crippen molar-refractivity contribution >= 4 is 63.8 Å². The molecule has 11 heteroatoms. The van der Waals surface area contributed by atoms with Gasteiger partial charge in [-0.25, -0.2) is 4.79 Å². The standard InChI is InChI=1S/C21H19Cl2N3O6/c1-31-10-18(28)25-14-4-2-13(3-5-14)24-17(27)6-11-7-19(32-21(29)30)26-16-9-12(22)8-15(23)20(11)16/h2-6,8-9,19,26H,7,10H2,1H3,(H,24,27)(H,25,28)(H,29,30)/b11-6+. The fourth-order valence-electron chi connectivity index (χ4n) is 3.17. The van der Waals surface area contributed by atoms with Crippen molar-refractivity contribution in [3.8, 4) is 0 Å². The molecule has 0 saturated carbocycles. The number of carboxylic acid groups (broad SMARTS) is 1. The van der Waals surface area contributed by atoms with Crippen LogP contribution in [-0.2, 0) is 19.1 Å². The van der Waals surface area contributed by atoms with Crippen LogP contribution in [0.2, 0.25) is 10.0 Å². The number of carbonyl (C=O) groups excluding carboxylic acids is 2. The number of rotatable bonds is 6. The third kappa shape index (κ3) is 6.13. The molecule has 0 saturated heterocycles. The fraction of sp³-hybridized carbons (Fsp3) is 0.190. The summed E-state index contributed by atoms with van der Waals surface area (Å²) < 4.78 is 9.58. The maximum atomic E-state index is 12.6. The summed E-state index contributed by atoms with van der Waals surface area (Å²) in [6.45, 7) is -0.0667. The van der Waals surface area contributed by atoms with Crippen LogP contribution in [0.15, 0.2) is 42.5 Å². The summed E-state index contributed by atoms with van der Waals surface area (Å²) >= 11 is 12.4. The molecule has 1 aliphatic rings. The smallest absolute Gasteiger partial charge is 0.450 e. The van der Waals surface area contributed by atoms with Crippen molar-refractivity contribution in [3.05, 3.63) is 58.1 Å². The molecule has 1 unspecified atom stereocenters. The van der Waals surface area contributed by atoms with Crippen LogP contribution in [0.4, 0.5) is 21.9 Å². The van der Waals surface area contributed by atoms with E-state index in [4.69, 9.17) is 37.8 Å². The summed E-state index contributed by atoms with van der Waals surface area (Å²) in [4.78, 5) is 35.1. The second-order valence-electron chi connectivity index (χ2n) is 6.75. The second-order valence-corrected chi connectivity index (χ2v) is 7.59. The third-order valence-corrected chi connectivity index (χ3v) is 4.87. The quantitative estimate of drug-likeness (QED) is 0.356. The first-order valence-electron chi connectivity index (χ1n) is 9.31. The van der Waals surface area contributed by atoms with E-state index >= 15 is 0 Å². The molecule has 0 aromatic heterocycles. The zero-order valence-electron chi connectivity index (χ0n) is 16.8. The van der Waals surface area contributed by atoms with E-state index in [9.17, 15) is 14.4 Å². The number of hydrogen-bond donors (Lipinski definition) is 4. The Labute approximate surface area is 193 Å². The summed E-state index contributed by atoms with van der Waals surface area (Å²) in [6.07, 6.45) is -0.964. The molecule has 0 fully saturated rings. The molecule has 0 bridgehead atoms. The van der Waals surface area contributed by atoms with Crippen LogP contribution in [0.1, 0.15) is 12.0 Å². The number of benzene rings is 2. The lowest BCUT2D eigenvalue weighted by Crippen LogP contribution is -2.30. The van der Waals surface area contributed by atoms with E-state index in [1.807, 2.05) is 0 Å². The number of amides is 2. The van der Waals surface area contributed by atoms with Gasteiger partial charge in [0.15, 0.2) is 6.23 Å². The van der Waals surface area contributed by atoms with Crippen LogP contribution in [0.3, 0.4) is 0 Å². The predicted octanol–water partition coefficient (Wildman–Crippen LogP) is 4.44. The van der Waals surface area contributed by atoms with E-state index in [0.29, 0.717) is 38.2 Å². The van der Waals surface area contributed by atoms with Gasteiger partial charge in [-0.3, -0.25) is 9.59 Å². The Bertz CT molecular complexity index is 1070. The summed E-state index contributed by atoms with van der Waals surface area (Å²) in [5.74, 6) is -0.752. The molecule has 1 atom stereocenters. The highest BCUT2D eigenvalue weighted by atomic mass is 35.5. The average molecular weight is 480 g/mol. The minimum Gasteiger partial charge on any atom is -0.450 e. The van der Waals surface area contributed by atoms with Crippen molar-refractivity contribution in [3.63, 3.8) is 0 Å². The van der Waals surface area contributed by atoms with Crippen molar-refractivity contribution in [2.24, 2.45) is 0 Å². The largest absolute Gasteiger partial charge is 0.507 e. The van der Waals surface area contributed by atoms with Gasteiger partial charge in [-0.1, -0.05) is 23.2 Å². The van der Waals surface area contributed by atoms with Crippen LogP contribution in [0, 0.1) is 0 Å². The molecule has 1 heterocycles. The van der Waals surface area contributed by atoms with E-state index < -0.39 is 18.3 Å².